The van der Waals surface area contributed by atoms with Crippen LogP contribution in [0.3, 0.4) is 0 Å². The summed E-state index contributed by atoms with van der Waals surface area (Å²) in [7, 11) is 0. The highest BCUT2D eigenvalue weighted by Crippen LogP contribution is 2.47. The summed E-state index contributed by atoms with van der Waals surface area (Å²) in [5.41, 5.74) is 1.43. The number of thioether (sulfide) groups is 1. The zero-order chi connectivity index (χ0) is 18.5. The van der Waals surface area contributed by atoms with Crippen molar-refractivity contribution in [3.8, 4) is 11.3 Å². The molecular formula is C17H15Cl2N3O2S2. The van der Waals surface area contributed by atoms with Crippen LogP contribution in [0.5, 0.6) is 0 Å². The largest absolute Gasteiger partial charge is 0.315 e. The molecule has 2 aromatic rings. The molecule has 9 heteroatoms. The number of benzene rings is 1. The molecule has 0 spiro atoms. The van der Waals surface area contributed by atoms with Gasteiger partial charge < -0.3 is 10.2 Å². The van der Waals surface area contributed by atoms with Gasteiger partial charge in [-0.25, -0.2) is 4.98 Å². The van der Waals surface area contributed by atoms with E-state index in [2.05, 4.69) is 10.3 Å². The van der Waals surface area contributed by atoms with Gasteiger partial charge in [-0.05, 0) is 31.5 Å². The lowest BCUT2D eigenvalue weighted by atomic mass is 10.2. The molecule has 1 aromatic carbocycles. The van der Waals surface area contributed by atoms with Crippen LogP contribution in [0, 0.1) is 0 Å². The van der Waals surface area contributed by atoms with E-state index in [1.807, 2.05) is 12.3 Å². The van der Waals surface area contributed by atoms with Gasteiger partial charge in [-0.3, -0.25) is 9.59 Å². The number of fused-ring (bicyclic) bond motifs is 1. The molecule has 0 radical (unpaired) electrons. The van der Waals surface area contributed by atoms with Crippen molar-refractivity contribution >= 4 is 63.2 Å². The van der Waals surface area contributed by atoms with E-state index >= 15 is 0 Å². The molecule has 0 saturated carbocycles. The number of carbonyl (C=O) groups excluding carboxylic acids is 2. The predicted octanol–water partition coefficient (Wildman–Crippen LogP) is 4.51. The van der Waals surface area contributed by atoms with Crippen LogP contribution in [0.1, 0.15) is 19.8 Å². The van der Waals surface area contributed by atoms with Gasteiger partial charge >= 0.3 is 0 Å². The van der Waals surface area contributed by atoms with E-state index in [9.17, 15) is 9.59 Å². The maximum absolute atomic E-state index is 12.7. The van der Waals surface area contributed by atoms with Crippen molar-refractivity contribution in [2.24, 2.45) is 0 Å². The zero-order valence-corrected chi connectivity index (χ0v) is 16.9. The number of aromatic nitrogens is 1. The minimum atomic E-state index is -0.452. The molecule has 2 aliphatic rings. The molecule has 0 aliphatic carbocycles. The van der Waals surface area contributed by atoms with Crippen LogP contribution in [-0.4, -0.2) is 38.4 Å². The van der Waals surface area contributed by atoms with Crippen LogP contribution in [0.15, 0.2) is 23.6 Å². The fourth-order valence-electron chi connectivity index (χ4n) is 3.36. The third-order valence-electron chi connectivity index (χ3n) is 4.69. The molecule has 2 amide bonds. The number of nitrogens with zero attached hydrogens (tertiary/aromatic N) is 2. The lowest BCUT2D eigenvalue weighted by molar-refractivity contribution is -0.135. The van der Waals surface area contributed by atoms with E-state index in [-0.39, 0.29) is 16.7 Å². The highest BCUT2D eigenvalue weighted by Gasteiger charge is 2.52. The average molecular weight is 428 g/mol. The number of hydrogen-bond donors (Lipinski definition) is 1. The Labute approximate surface area is 169 Å². The highest BCUT2D eigenvalue weighted by molar-refractivity contribution is 8.01. The number of hydrogen-bond acceptors (Lipinski definition) is 5. The van der Waals surface area contributed by atoms with Crippen LogP contribution in [-0.2, 0) is 9.59 Å². The topological polar surface area (TPSA) is 62.3 Å². The number of rotatable bonds is 3. The highest BCUT2D eigenvalue weighted by atomic mass is 35.5. The molecule has 2 fully saturated rings. The van der Waals surface area contributed by atoms with Crippen molar-refractivity contribution in [2.75, 3.05) is 11.1 Å². The molecule has 136 valence electrons. The molecule has 2 atom stereocenters. The number of amides is 2. The van der Waals surface area contributed by atoms with Gasteiger partial charge in [0.2, 0.25) is 11.8 Å². The van der Waals surface area contributed by atoms with Crippen molar-refractivity contribution in [3.63, 3.8) is 0 Å². The summed E-state index contributed by atoms with van der Waals surface area (Å²) < 4.78 is 0. The molecular weight excluding hydrogens is 413 g/mol. The Morgan fingerprint density at radius 3 is 3.00 bits per heavy atom. The second-order valence-electron chi connectivity index (χ2n) is 6.42. The monoisotopic (exact) mass is 427 g/mol. The summed E-state index contributed by atoms with van der Waals surface area (Å²) in [4.78, 5) is 30.8. The second kappa shape index (κ2) is 6.71. The second-order valence-corrected chi connectivity index (χ2v) is 9.62. The number of halogens is 2. The molecule has 2 saturated heterocycles. The summed E-state index contributed by atoms with van der Waals surface area (Å²) in [6, 6.07) is 4.75. The van der Waals surface area contributed by atoms with Gasteiger partial charge in [-0.15, -0.1) is 23.1 Å². The first kappa shape index (κ1) is 18.1. The van der Waals surface area contributed by atoms with Crippen molar-refractivity contribution in [3.05, 3.63) is 33.6 Å². The molecule has 2 unspecified atom stereocenters. The smallest absolute Gasteiger partial charge is 0.249 e. The van der Waals surface area contributed by atoms with Gasteiger partial charge in [0.1, 0.15) is 6.04 Å². The summed E-state index contributed by atoms with van der Waals surface area (Å²) in [6.07, 6.45) is 1.29. The third-order valence-corrected chi connectivity index (χ3v) is 7.50. The van der Waals surface area contributed by atoms with Crippen LogP contribution in [0.2, 0.25) is 10.0 Å². The van der Waals surface area contributed by atoms with Crippen molar-refractivity contribution in [1.82, 2.24) is 9.88 Å². The standard InChI is InChI=1S/C17H15Cl2N3O2S2/c1-17-5-4-14(23)22(17)13(8-26-17)15(24)21-16-20-12(7-25-16)10-3-2-9(18)6-11(10)19/h2-3,6-7,13H,4-5,8H2,1H3,(H,20,21,24). The lowest BCUT2D eigenvalue weighted by Crippen LogP contribution is -2.48. The van der Waals surface area contributed by atoms with Crippen molar-refractivity contribution in [1.29, 1.82) is 0 Å². The first-order valence-electron chi connectivity index (χ1n) is 8.05. The van der Waals surface area contributed by atoms with Gasteiger partial charge in [0.25, 0.3) is 0 Å². The number of nitrogens with one attached hydrogen (secondary N) is 1. The summed E-state index contributed by atoms with van der Waals surface area (Å²) >= 11 is 15.1. The van der Waals surface area contributed by atoms with Crippen molar-refractivity contribution in [2.45, 2.75) is 30.7 Å². The first-order valence-corrected chi connectivity index (χ1v) is 10.7. The fourth-order valence-corrected chi connectivity index (χ4v) is 6.01. The fraction of sp³-hybridized carbons (Fsp3) is 0.353. The number of anilines is 1. The van der Waals surface area contributed by atoms with Gasteiger partial charge in [-0.2, -0.15) is 0 Å². The number of thiazole rings is 1. The number of carbonyl (C=O) groups is 2. The third kappa shape index (κ3) is 3.11. The van der Waals surface area contributed by atoms with Gasteiger partial charge in [0.05, 0.1) is 15.6 Å². The lowest BCUT2D eigenvalue weighted by Gasteiger charge is -2.29. The summed E-state index contributed by atoms with van der Waals surface area (Å²) in [5, 5.41) is 6.23. The average Bonchev–Trinajstić information content (AvgIpc) is 3.24. The molecule has 5 nitrogen and oxygen atoms in total. The minimum Gasteiger partial charge on any atom is -0.315 e. The molecule has 1 N–H and O–H groups in total. The van der Waals surface area contributed by atoms with E-state index in [0.29, 0.717) is 33.0 Å². The van der Waals surface area contributed by atoms with Crippen LogP contribution in [0.25, 0.3) is 11.3 Å². The maximum Gasteiger partial charge on any atom is 0.249 e. The predicted molar refractivity (Wildman–Crippen MR) is 107 cm³/mol. The molecule has 1 aromatic heterocycles. The molecule has 4 rings (SSSR count). The maximum atomic E-state index is 12.7. The molecule has 2 aliphatic heterocycles. The van der Waals surface area contributed by atoms with Crippen molar-refractivity contribution < 1.29 is 9.59 Å². The van der Waals surface area contributed by atoms with Crippen LogP contribution >= 0.6 is 46.3 Å². The first-order chi connectivity index (χ1) is 12.4. The zero-order valence-electron chi connectivity index (χ0n) is 13.8. The van der Waals surface area contributed by atoms with Crippen LogP contribution < -0.4 is 5.32 Å². The Kier molecular flexibility index (Phi) is 4.67. The Hall–Kier alpha value is -1.28. The normalized spacial score (nSPS) is 24.8. The van der Waals surface area contributed by atoms with Gasteiger partial charge in [0.15, 0.2) is 5.13 Å². The van der Waals surface area contributed by atoms with E-state index in [1.54, 1.807) is 34.9 Å². The molecule has 26 heavy (non-hydrogen) atoms. The van der Waals surface area contributed by atoms with Crippen LogP contribution in [0.4, 0.5) is 5.13 Å². The van der Waals surface area contributed by atoms with Gasteiger partial charge in [-0.1, -0.05) is 23.2 Å². The van der Waals surface area contributed by atoms with Gasteiger partial charge in [0, 0.05) is 28.1 Å². The van der Waals surface area contributed by atoms with E-state index in [1.165, 1.54) is 11.3 Å². The Morgan fingerprint density at radius 1 is 1.42 bits per heavy atom. The van der Waals surface area contributed by atoms with E-state index < -0.39 is 6.04 Å². The summed E-state index contributed by atoms with van der Waals surface area (Å²) in [6.45, 7) is 2.03. The SMILES string of the molecule is CC12CCC(=O)N1C(C(=O)Nc1nc(-c3ccc(Cl)cc3Cl)cs1)CS2. The molecule has 3 heterocycles. The van der Waals surface area contributed by atoms with E-state index in [4.69, 9.17) is 23.2 Å². The Balaban J connectivity index is 1.51. The summed E-state index contributed by atoms with van der Waals surface area (Å²) in [5.74, 6) is 0.458. The quantitative estimate of drug-likeness (QED) is 0.782. The van der Waals surface area contributed by atoms with E-state index in [0.717, 1.165) is 12.0 Å². The minimum absolute atomic E-state index is 0.0467. The molecule has 0 bridgehead atoms. The Morgan fingerprint density at radius 2 is 2.23 bits per heavy atom. The Bertz CT molecular complexity index is 904.